The molecule has 0 saturated carbocycles. The monoisotopic (exact) mass is 400 g/mol. The van der Waals surface area contributed by atoms with E-state index in [1.54, 1.807) is 0 Å². The summed E-state index contributed by atoms with van der Waals surface area (Å²) in [5.74, 6) is 0.254. The van der Waals surface area contributed by atoms with E-state index in [2.05, 4.69) is 16.5 Å². The first-order valence-electron chi connectivity index (χ1n) is 9.41. The SMILES string of the molecule is O=C(CCc1cnoc1-c1ccc(C(F)(F)F)cc1)NC1=CCC2=CCCC2=C1. The van der Waals surface area contributed by atoms with E-state index in [1.807, 2.05) is 12.2 Å². The Labute approximate surface area is 165 Å². The molecule has 1 heterocycles. The van der Waals surface area contributed by atoms with Crippen molar-refractivity contribution in [2.45, 2.75) is 38.3 Å². The van der Waals surface area contributed by atoms with Crippen LogP contribution in [-0.2, 0) is 17.4 Å². The van der Waals surface area contributed by atoms with E-state index in [0.717, 1.165) is 37.1 Å². The summed E-state index contributed by atoms with van der Waals surface area (Å²) in [6, 6.07) is 4.70. The minimum absolute atomic E-state index is 0.127. The van der Waals surface area contributed by atoms with E-state index in [-0.39, 0.29) is 12.3 Å². The van der Waals surface area contributed by atoms with Gasteiger partial charge < -0.3 is 9.84 Å². The summed E-state index contributed by atoms with van der Waals surface area (Å²) >= 11 is 0. The first-order valence-corrected chi connectivity index (χ1v) is 9.41. The quantitative estimate of drug-likeness (QED) is 0.737. The van der Waals surface area contributed by atoms with Gasteiger partial charge in [-0.25, -0.2) is 0 Å². The fourth-order valence-electron chi connectivity index (χ4n) is 3.58. The molecule has 0 saturated heterocycles. The third-order valence-electron chi connectivity index (χ3n) is 5.11. The maximum absolute atomic E-state index is 12.7. The Kier molecular flexibility index (Phi) is 5.13. The lowest BCUT2D eigenvalue weighted by molar-refractivity contribution is -0.137. The van der Waals surface area contributed by atoms with Crippen molar-refractivity contribution in [2.24, 2.45) is 0 Å². The number of carbonyl (C=O) groups is 1. The summed E-state index contributed by atoms with van der Waals surface area (Å²) < 4.78 is 43.4. The molecule has 2 aliphatic carbocycles. The Morgan fingerprint density at radius 2 is 1.93 bits per heavy atom. The van der Waals surface area contributed by atoms with Crippen molar-refractivity contribution < 1.29 is 22.5 Å². The average Bonchev–Trinajstić information content (AvgIpc) is 3.34. The van der Waals surface area contributed by atoms with Crippen LogP contribution in [0, 0.1) is 0 Å². The molecule has 1 N–H and O–H groups in total. The van der Waals surface area contributed by atoms with Gasteiger partial charge in [0.2, 0.25) is 5.91 Å². The molecule has 4 rings (SSSR count). The zero-order chi connectivity index (χ0) is 20.4. The highest BCUT2D eigenvalue weighted by Gasteiger charge is 2.30. The van der Waals surface area contributed by atoms with Crippen molar-refractivity contribution in [3.63, 3.8) is 0 Å². The highest BCUT2D eigenvalue weighted by molar-refractivity contribution is 5.79. The summed E-state index contributed by atoms with van der Waals surface area (Å²) in [7, 11) is 0. The van der Waals surface area contributed by atoms with Gasteiger partial charge in [-0.2, -0.15) is 13.2 Å². The maximum Gasteiger partial charge on any atom is 0.416 e. The van der Waals surface area contributed by atoms with Crippen LogP contribution >= 0.6 is 0 Å². The molecule has 2 aromatic rings. The van der Waals surface area contributed by atoms with Crippen molar-refractivity contribution in [3.05, 3.63) is 76.7 Å². The number of hydrogen-bond donors (Lipinski definition) is 1. The summed E-state index contributed by atoms with van der Waals surface area (Å²) in [6.45, 7) is 0. The lowest BCUT2D eigenvalue weighted by Gasteiger charge is -2.14. The minimum Gasteiger partial charge on any atom is -0.356 e. The zero-order valence-corrected chi connectivity index (χ0v) is 15.6. The number of benzene rings is 1. The molecule has 150 valence electrons. The minimum atomic E-state index is -4.39. The van der Waals surface area contributed by atoms with Crippen LogP contribution in [0.25, 0.3) is 11.3 Å². The van der Waals surface area contributed by atoms with Crippen LogP contribution < -0.4 is 5.32 Å². The number of halogens is 3. The molecule has 1 aromatic carbocycles. The smallest absolute Gasteiger partial charge is 0.356 e. The molecule has 0 fully saturated rings. The number of nitrogens with zero attached hydrogens (tertiary/aromatic N) is 1. The number of rotatable bonds is 5. The number of alkyl halides is 3. The Morgan fingerprint density at radius 3 is 2.69 bits per heavy atom. The molecule has 1 amide bonds. The molecule has 0 atom stereocenters. The lowest BCUT2D eigenvalue weighted by atomic mass is 9.99. The Hall–Kier alpha value is -3.09. The topological polar surface area (TPSA) is 55.1 Å². The Bertz CT molecular complexity index is 1010. The van der Waals surface area contributed by atoms with Crippen LogP contribution in [0.5, 0.6) is 0 Å². The highest BCUT2D eigenvalue weighted by Crippen LogP contribution is 2.33. The molecular weight excluding hydrogens is 381 g/mol. The van der Waals surface area contributed by atoms with Gasteiger partial charge in [0.15, 0.2) is 5.76 Å². The molecule has 29 heavy (non-hydrogen) atoms. The summed E-state index contributed by atoms with van der Waals surface area (Å²) in [4.78, 5) is 12.3. The standard InChI is InChI=1S/C22H19F3N2O2/c23-22(24,25)18-8-4-15(5-9-18)21-17(13-26-29-21)7-11-20(28)27-19-10-6-14-2-1-3-16(14)12-19/h2,4-5,8-10,12-13H,1,3,6-7,11H2,(H,27,28). The second-order valence-corrected chi connectivity index (χ2v) is 7.10. The van der Waals surface area contributed by atoms with Gasteiger partial charge in [0.1, 0.15) is 0 Å². The fraction of sp³-hybridized carbons (Fsp3) is 0.273. The van der Waals surface area contributed by atoms with Gasteiger partial charge >= 0.3 is 6.18 Å². The summed E-state index contributed by atoms with van der Waals surface area (Å²) in [5.41, 5.74) is 3.89. The van der Waals surface area contributed by atoms with Crippen molar-refractivity contribution in [1.29, 1.82) is 0 Å². The van der Waals surface area contributed by atoms with Crippen LogP contribution in [0.1, 0.15) is 36.8 Å². The van der Waals surface area contributed by atoms with E-state index in [4.69, 9.17) is 4.52 Å². The van der Waals surface area contributed by atoms with Crippen molar-refractivity contribution >= 4 is 5.91 Å². The van der Waals surface area contributed by atoms with Crippen LogP contribution in [0.15, 0.2) is 70.1 Å². The number of nitrogens with one attached hydrogen (secondary N) is 1. The number of fused-ring (bicyclic) bond motifs is 1. The lowest BCUT2D eigenvalue weighted by Crippen LogP contribution is -2.23. The molecule has 0 radical (unpaired) electrons. The summed E-state index contributed by atoms with van der Waals surface area (Å²) in [5, 5.41) is 6.66. The number of carbonyl (C=O) groups excluding carboxylic acids is 1. The molecule has 0 unspecified atom stereocenters. The van der Waals surface area contributed by atoms with E-state index >= 15 is 0 Å². The number of aromatic nitrogens is 1. The number of aryl methyl sites for hydroxylation is 1. The van der Waals surface area contributed by atoms with E-state index in [1.165, 1.54) is 29.5 Å². The molecule has 4 nitrogen and oxygen atoms in total. The Morgan fingerprint density at radius 1 is 1.14 bits per heavy atom. The molecule has 0 spiro atoms. The molecule has 7 heteroatoms. The van der Waals surface area contributed by atoms with Crippen molar-refractivity contribution in [2.75, 3.05) is 0 Å². The number of amides is 1. The predicted octanol–water partition coefficient (Wildman–Crippen LogP) is 5.34. The first-order chi connectivity index (χ1) is 13.9. The molecule has 0 bridgehead atoms. The number of hydrogen-bond acceptors (Lipinski definition) is 3. The van der Waals surface area contributed by atoms with Crippen LogP contribution in [0.4, 0.5) is 13.2 Å². The summed E-state index contributed by atoms with van der Waals surface area (Å²) in [6.07, 6.45) is 6.87. The van der Waals surface area contributed by atoms with Crippen LogP contribution in [-0.4, -0.2) is 11.1 Å². The van der Waals surface area contributed by atoms with Crippen molar-refractivity contribution in [3.8, 4) is 11.3 Å². The van der Waals surface area contributed by atoms with Gasteiger partial charge in [0.05, 0.1) is 11.8 Å². The second-order valence-electron chi connectivity index (χ2n) is 7.10. The molecule has 1 aromatic heterocycles. The second kappa shape index (κ2) is 7.73. The molecule has 2 aliphatic rings. The normalized spacial score (nSPS) is 16.0. The van der Waals surface area contributed by atoms with Gasteiger partial charge in [-0.3, -0.25) is 4.79 Å². The predicted molar refractivity (Wildman–Crippen MR) is 102 cm³/mol. The van der Waals surface area contributed by atoms with E-state index in [0.29, 0.717) is 23.3 Å². The van der Waals surface area contributed by atoms with Gasteiger partial charge in [-0.15, -0.1) is 0 Å². The first kappa shape index (κ1) is 19.2. The van der Waals surface area contributed by atoms with Crippen LogP contribution in [0.3, 0.4) is 0 Å². The number of allylic oxidation sites excluding steroid dienone is 5. The molecular formula is C22H19F3N2O2. The maximum atomic E-state index is 12.7. The van der Waals surface area contributed by atoms with Gasteiger partial charge in [-0.05, 0) is 55.0 Å². The van der Waals surface area contributed by atoms with Gasteiger partial charge in [0, 0.05) is 23.2 Å². The average molecular weight is 400 g/mol. The van der Waals surface area contributed by atoms with E-state index in [9.17, 15) is 18.0 Å². The Balaban J connectivity index is 1.38. The van der Waals surface area contributed by atoms with Gasteiger partial charge in [0.25, 0.3) is 0 Å². The third kappa shape index (κ3) is 4.34. The highest BCUT2D eigenvalue weighted by atomic mass is 19.4. The van der Waals surface area contributed by atoms with Gasteiger partial charge in [-0.1, -0.05) is 29.4 Å². The molecule has 0 aliphatic heterocycles. The third-order valence-corrected chi connectivity index (χ3v) is 5.11. The van der Waals surface area contributed by atoms with Crippen molar-refractivity contribution in [1.82, 2.24) is 10.5 Å². The zero-order valence-electron chi connectivity index (χ0n) is 15.6. The largest absolute Gasteiger partial charge is 0.416 e. The fourth-order valence-corrected chi connectivity index (χ4v) is 3.58. The van der Waals surface area contributed by atoms with E-state index < -0.39 is 11.7 Å². The van der Waals surface area contributed by atoms with Crippen LogP contribution in [0.2, 0.25) is 0 Å².